The van der Waals surface area contributed by atoms with Gasteiger partial charge in [0.2, 0.25) is 0 Å². The van der Waals surface area contributed by atoms with E-state index in [1.165, 1.54) is 6.92 Å². The van der Waals surface area contributed by atoms with Gasteiger partial charge in [0.25, 0.3) is 5.91 Å². The molecular formula is C24H33NO4. The number of carbonyl (C=O) groups is 2. The molecule has 5 nitrogen and oxygen atoms in total. The molecule has 7 atom stereocenters. The average molecular weight is 400 g/mol. The molecule has 0 spiro atoms. The molecule has 0 bridgehead atoms. The molecule has 1 amide bonds. The molecule has 1 saturated heterocycles. The van der Waals surface area contributed by atoms with Crippen LogP contribution in [0.5, 0.6) is 0 Å². The highest BCUT2D eigenvalue weighted by Gasteiger charge is 2.53. The summed E-state index contributed by atoms with van der Waals surface area (Å²) in [5.74, 6) is -0.306. The van der Waals surface area contributed by atoms with E-state index in [-0.39, 0.29) is 23.2 Å². The number of carbonyl (C=O) groups excluding carboxylic acids is 2. The SMILES string of the molecule is C/C=C/C=C/[C@H]1C=C[C@H]2C[C@H](C)CC[C@H]2[C@@]1(C)C(O)=C1C(=O)N[C@@H]([C@H](C)O)C1=O. The van der Waals surface area contributed by atoms with Gasteiger partial charge >= 0.3 is 0 Å². The zero-order chi connectivity index (χ0) is 21.3. The third-order valence-electron chi connectivity index (χ3n) is 7.08. The molecule has 0 aromatic heterocycles. The number of amides is 1. The Hall–Kier alpha value is -2.14. The molecule has 1 heterocycles. The molecule has 158 valence electrons. The number of Topliss-reactive ketones (excluding diaryl/α,β-unsaturated/α-hetero) is 1. The molecule has 1 aliphatic heterocycles. The topological polar surface area (TPSA) is 86.6 Å². The second-order valence-corrected chi connectivity index (χ2v) is 9.07. The summed E-state index contributed by atoms with van der Waals surface area (Å²) >= 11 is 0. The summed E-state index contributed by atoms with van der Waals surface area (Å²) in [4.78, 5) is 25.5. The van der Waals surface area contributed by atoms with E-state index < -0.39 is 29.3 Å². The van der Waals surface area contributed by atoms with Crippen LogP contribution in [0.1, 0.15) is 47.0 Å². The van der Waals surface area contributed by atoms with E-state index in [0.717, 1.165) is 19.3 Å². The maximum absolute atomic E-state index is 12.9. The van der Waals surface area contributed by atoms with E-state index in [2.05, 4.69) is 24.4 Å². The quantitative estimate of drug-likeness (QED) is 0.222. The fourth-order valence-corrected chi connectivity index (χ4v) is 5.36. The van der Waals surface area contributed by atoms with Gasteiger partial charge in [-0.3, -0.25) is 9.59 Å². The first-order valence-corrected chi connectivity index (χ1v) is 10.7. The molecule has 3 aliphatic rings. The second-order valence-electron chi connectivity index (χ2n) is 9.07. The van der Waals surface area contributed by atoms with Gasteiger partial charge in [0.15, 0.2) is 5.78 Å². The van der Waals surface area contributed by atoms with Crippen LogP contribution >= 0.6 is 0 Å². The van der Waals surface area contributed by atoms with Gasteiger partial charge in [-0.25, -0.2) is 0 Å². The normalized spacial score (nSPS) is 40.4. The van der Waals surface area contributed by atoms with Crippen LogP contribution < -0.4 is 5.32 Å². The van der Waals surface area contributed by atoms with Crippen LogP contribution in [0.2, 0.25) is 0 Å². The lowest BCUT2D eigenvalue weighted by molar-refractivity contribution is -0.118. The number of hydrogen-bond donors (Lipinski definition) is 3. The molecule has 1 saturated carbocycles. The van der Waals surface area contributed by atoms with Gasteiger partial charge in [0.05, 0.1) is 6.10 Å². The van der Waals surface area contributed by atoms with Crippen LogP contribution in [0.15, 0.2) is 47.8 Å². The van der Waals surface area contributed by atoms with Crippen molar-refractivity contribution in [2.24, 2.45) is 29.1 Å². The minimum absolute atomic E-state index is 0.132. The first-order chi connectivity index (χ1) is 13.7. The summed E-state index contributed by atoms with van der Waals surface area (Å²) in [5.41, 5.74) is -0.941. The lowest BCUT2D eigenvalue weighted by Gasteiger charge is -2.50. The largest absolute Gasteiger partial charge is 0.511 e. The maximum atomic E-state index is 12.9. The zero-order valence-corrected chi connectivity index (χ0v) is 17.8. The van der Waals surface area contributed by atoms with E-state index in [1.54, 1.807) is 0 Å². The summed E-state index contributed by atoms with van der Waals surface area (Å²) in [6.45, 7) is 7.64. The van der Waals surface area contributed by atoms with Gasteiger partial charge in [0.1, 0.15) is 17.4 Å². The molecule has 3 N–H and O–H groups in total. The summed E-state index contributed by atoms with van der Waals surface area (Å²) in [6.07, 6.45) is 14.2. The molecule has 0 radical (unpaired) electrons. The number of aliphatic hydroxyl groups is 2. The molecular weight excluding hydrogens is 366 g/mol. The smallest absolute Gasteiger partial charge is 0.259 e. The average Bonchev–Trinajstić information content (AvgIpc) is 2.97. The van der Waals surface area contributed by atoms with Crippen molar-refractivity contribution in [1.82, 2.24) is 5.32 Å². The van der Waals surface area contributed by atoms with E-state index >= 15 is 0 Å². The predicted octanol–water partition coefficient (Wildman–Crippen LogP) is 3.62. The van der Waals surface area contributed by atoms with Gasteiger partial charge in [-0.1, -0.05) is 56.7 Å². The van der Waals surface area contributed by atoms with E-state index in [4.69, 9.17) is 0 Å². The molecule has 0 aromatic rings. The Balaban J connectivity index is 2.11. The highest BCUT2D eigenvalue weighted by Crippen LogP contribution is 2.56. The van der Waals surface area contributed by atoms with Crippen molar-refractivity contribution in [3.8, 4) is 0 Å². The van der Waals surface area contributed by atoms with Crippen molar-refractivity contribution in [3.05, 3.63) is 47.8 Å². The van der Waals surface area contributed by atoms with Crippen LogP contribution in [-0.2, 0) is 9.59 Å². The summed E-state index contributed by atoms with van der Waals surface area (Å²) in [5, 5.41) is 23.8. The number of rotatable bonds is 4. The van der Waals surface area contributed by atoms with Gasteiger partial charge < -0.3 is 15.5 Å². The zero-order valence-electron chi connectivity index (χ0n) is 17.8. The Bertz CT molecular complexity index is 791. The van der Waals surface area contributed by atoms with Crippen molar-refractivity contribution in [2.45, 2.75) is 59.1 Å². The second kappa shape index (κ2) is 8.31. The molecule has 5 heteroatoms. The first-order valence-electron chi connectivity index (χ1n) is 10.7. The molecule has 2 aliphatic carbocycles. The van der Waals surface area contributed by atoms with Crippen LogP contribution in [0.25, 0.3) is 0 Å². The van der Waals surface area contributed by atoms with E-state index in [1.807, 2.05) is 38.2 Å². The van der Waals surface area contributed by atoms with Crippen molar-refractivity contribution >= 4 is 11.7 Å². The van der Waals surface area contributed by atoms with Crippen molar-refractivity contribution in [2.75, 3.05) is 0 Å². The number of fused-ring (bicyclic) bond motifs is 1. The van der Waals surface area contributed by atoms with Crippen LogP contribution in [-0.4, -0.2) is 34.0 Å². The van der Waals surface area contributed by atoms with Crippen LogP contribution in [0.3, 0.4) is 0 Å². The van der Waals surface area contributed by atoms with Gasteiger partial charge in [0, 0.05) is 11.3 Å². The first kappa shape index (κ1) is 21.6. The monoisotopic (exact) mass is 399 g/mol. The molecule has 29 heavy (non-hydrogen) atoms. The van der Waals surface area contributed by atoms with Crippen molar-refractivity contribution in [3.63, 3.8) is 0 Å². The standard InChI is InChI=1S/C24H33NO4/c1-5-6-7-8-17-11-10-16-13-14(2)9-12-18(16)24(17,4)22(28)19-21(27)20(15(3)26)25-23(19)29/h5-8,10-11,14-18,20,26,28H,9,12-13H2,1-4H3,(H,25,29)/b6-5+,8-7+,22-19?/t14-,15+,16+,17+,18-,20+,24+/m1/s1. The summed E-state index contributed by atoms with van der Waals surface area (Å²) in [6, 6.07) is -0.999. The maximum Gasteiger partial charge on any atom is 0.259 e. The molecule has 3 rings (SSSR count). The fraction of sp³-hybridized carbons (Fsp3) is 0.583. The highest BCUT2D eigenvalue weighted by molar-refractivity contribution is 6.27. The lowest BCUT2D eigenvalue weighted by atomic mass is 9.54. The number of allylic oxidation sites excluding steroid dienone is 7. The number of hydrogen-bond acceptors (Lipinski definition) is 4. The number of aliphatic hydroxyl groups excluding tert-OH is 2. The van der Waals surface area contributed by atoms with E-state index in [9.17, 15) is 19.8 Å². The third-order valence-corrected chi connectivity index (χ3v) is 7.08. The lowest BCUT2D eigenvalue weighted by Crippen LogP contribution is -2.45. The summed E-state index contributed by atoms with van der Waals surface area (Å²) < 4.78 is 0. The predicted molar refractivity (Wildman–Crippen MR) is 113 cm³/mol. The van der Waals surface area contributed by atoms with Crippen LogP contribution in [0, 0.1) is 29.1 Å². The minimum atomic E-state index is -1.01. The Labute approximate surface area is 173 Å². The van der Waals surface area contributed by atoms with Crippen molar-refractivity contribution < 1.29 is 19.8 Å². The number of ketones is 1. The molecule has 2 fully saturated rings. The Morgan fingerprint density at radius 3 is 2.62 bits per heavy atom. The van der Waals surface area contributed by atoms with Gasteiger partial charge in [-0.15, -0.1) is 0 Å². The Morgan fingerprint density at radius 2 is 2.00 bits per heavy atom. The molecule has 0 unspecified atom stereocenters. The van der Waals surface area contributed by atoms with Gasteiger partial charge in [-0.05, 0) is 44.4 Å². The number of nitrogens with one attached hydrogen (secondary N) is 1. The Morgan fingerprint density at radius 1 is 1.28 bits per heavy atom. The minimum Gasteiger partial charge on any atom is -0.511 e. The Kier molecular flexibility index (Phi) is 6.18. The third kappa shape index (κ3) is 3.73. The highest BCUT2D eigenvalue weighted by atomic mass is 16.3. The van der Waals surface area contributed by atoms with Gasteiger partial charge in [-0.2, -0.15) is 0 Å². The van der Waals surface area contributed by atoms with Crippen LogP contribution in [0.4, 0.5) is 0 Å². The van der Waals surface area contributed by atoms with Crippen molar-refractivity contribution in [1.29, 1.82) is 0 Å². The molecule has 0 aromatic carbocycles. The summed E-state index contributed by atoms with van der Waals surface area (Å²) in [7, 11) is 0. The van der Waals surface area contributed by atoms with E-state index in [0.29, 0.717) is 11.8 Å². The fourth-order valence-electron chi connectivity index (χ4n) is 5.36.